The van der Waals surface area contributed by atoms with Crippen molar-refractivity contribution in [3.8, 4) is 0 Å². The van der Waals surface area contributed by atoms with E-state index >= 15 is 0 Å². The summed E-state index contributed by atoms with van der Waals surface area (Å²) < 4.78 is 0. The third-order valence-corrected chi connectivity index (χ3v) is 3.12. The van der Waals surface area contributed by atoms with Crippen molar-refractivity contribution in [1.82, 2.24) is 10.2 Å². The van der Waals surface area contributed by atoms with Gasteiger partial charge in [0.25, 0.3) is 0 Å². The van der Waals surface area contributed by atoms with Crippen molar-refractivity contribution in [3.63, 3.8) is 0 Å². The number of carbonyl (C=O) groups excluding carboxylic acids is 1. The molecule has 1 aliphatic rings. The maximum atomic E-state index is 11.8. The van der Waals surface area contributed by atoms with Crippen molar-refractivity contribution < 1.29 is 4.79 Å². The number of nitrogens with two attached hydrogens (primary N) is 1. The predicted octanol–water partition coefficient (Wildman–Crippen LogP) is 0.336. The molecule has 1 saturated heterocycles. The quantitative estimate of drug-likeness (QED) is 0.791. The molecule has 4 nitrogen and oxygen atoms in total. The van der Waals surface area contributed by atoms with Gasteiger partial charge in [-0.05, 0) is 12.0 Å². The maximum absolute atomic E-state index is 11.8. The lowest BCUT2D eigenvalue weighted by atomic mass is 10.1. The number of rotatable bonds is 3. The van der Waals surface area contributed by atoms with Crippen molar-refractivity contribution in [3.05, 3.63) is 35.9 Å². The average molecular weight is 233 g/mol. The van der Waals surface area contributed by atoms with Crippen LogP contribution in [0, 0.1) is 0 Å². The maximum Gasteiger partial charge on any atom is 0.238 e. The molecule has 1 amide bonds. The zero-order valence-corrected chi connectivity index (χ0v) is 9.93. The molecule has 0 aliphatic carbocycles. The van der Waals surface area contributed by atoms with E-state index in [1.54, 1.807) is 0 Å². The van der Waals surface area contributed by atoms with E-state index in [0.29, 0.717) is 6.54 Å². The molecule has 0 radical (unpaired) electrons. The van der Waals surface area contributed by atoms with Gasteiger partial charge in [-0.1, -0.05) is 30.3 Å². The van der Waals surface area contributed by atoms with Crippen LogP contribution < -0.4 is 11.1 Å². The number of nitrogens with one attached hydrogen (secondary N) is 1. The lowest BCUT2D eigenvalue weighted by Gasteiger charge is -2.27. The summed E-state index contributed by atoms with van der Waals surface area (Å²) in [5, 5.41) is 2.90. The number of hydrogen-bond donors (Lipinski definition) is 2. The molecule has 0 bridgehead atoms. The van der Waals surface area contributed by atoms with Gasteiger partial charge in [0, 0.05) is 26.2 Å². The average Bonchev–Trinajstić information content (AvgIpc) is 2.52. The lowest BCUT2D eigenvalue weighted by Crippen LogP contribution is -2.48. The van der Waals surface area contributed by atoms with Crippen LogP contribution >= 0.6 is 0 Å². The number of benzene rings is 1. The highest BCUT2D eigenvalue weighted by molar-refractivity contribution is 5.82. The molecular weight excluding hydrogens is 214 g/mol. The van der Waals surface area contributed by atoms with E-state index in [4.69, 9.17) is 5.73 Å². The summed E-state index contributed by atoms with van der Waals surface area (Å²) in [5.74, 6) is 0.0564. The third kappa shape index (κ3) is 3.05. The molecule has 0 saturated carbocycles. The topological polar surface area (TPSA) is 58.4 Å². The summed E-state index contributed by atoms with van der Waals surface area (Å²) in [6.45, 7) is 2.82. The fourth-order valence-electron chi connectivity index (χ4n) is 2.20. The summed E-state index contributed by atoms with van der Waals surface area (Å²) in [6, 6.07) is 10.00. The molecule has 1 unspecified atom stereocenters. The molecule has 3 N–H and O–H groups in total. The molecule has 0 spiro atoms. The van der Waals surface area contributed by atoms with Gasteiger partial charge in [-0.2, -0.15) is 0 Å². The summed E-state index contributed by atoms with van der Waals surface area (Å²) in [6.07, 6.45) is 0.981. The van der Waals surface area contributed by atoms with E-state index in [1.165, 1.54) is 5.56 Å². The highest BCUT2D eigenvalue weighted by atomic mass is 16.2. The molecular formula is C13H19N3O. The van der Waals surface area contributed by atoms with E-state index in [1.807, 2.05) is 18.2 Å². The first-order valence-electron chi connectivity index (χ1n) is 6.07. The Balaban J connectivity index is 2.09. The standard InChI is InChI=1S/C13H19N3O/c14-9-12-13(17)15-7-4-8-16(12)10-11-5-2-1-3-6-11/h1-3,5-6,12H,4,7-10,14H2,(H,15,17). The molecule has 1 atom stereocenters. The van der Waals surface area contributed by atoms with E-state index < -0.39 is 0 Å². The van der Waals surface area contributed by atoms with Crippen LogP contribution in [0.4, 0.5) is 0 Å². The smallest absolute Gasteiger partial charge is 0.238 e. The van der Waals surface area contributed by atoms with Crippen LogP contribution in [0.1, 0.15) is 12.0 Å². The highest BCUT2D eigenvalue weighted by Gasteiger charge is 2.26. The lowest BCUT2D eigenvalue weighted by molar-refractivity contribution is -0.125. The molecule has 1 heterocycles. The second-order valence-corrected chi connectivity index (χ2v) is 4.35. The number of hydrogen-bond acceptors (Lipinski definition) is 3. The molecule has 1 aliphatic heterocycles. The Hall–Kier alpha value is -1.39. The number of nitrogens with zero attached hydrogens (tertiary/aromatic N) is 1. The van der Waals surface area contributed by atoms with Crippen LogP contribution in [0.25, 0.3) is 0 Å². The van der Waals surface area contributed by atoms with Gasteiger partial charge < -0.3 is 11.1 Å². The van der Waals surface area contributed by atoms with E-state index in [9.17, 15) is 4.79 Å². The van der Waals surface area contributed by atoms with Crippen molar-refractivity contribution in [1.29, 1.82) is 0 Å². The molecule has 1 fully saturated rings. The summed E-state index contributed by atoms with van der Waals surface area (Å²) >= 11 is 0. The minimum absolute atomic E-state index is 0.0564. The van der Waals surface area contributed by atoms with Gasteiger partial charge in [0.2, 0.25) is 5.91 Å². The Morgan fingerprint density at radius 2 is 2.12 bits per heavy atom. The Morgan fingerprint density at radius 3 is 2.82 bits per heavy atom. The van der Waals surface area contributed by atoms with Crippen molar-refractivity contribution >= 4 is 5.91 Å². The first-order valence-corrected chi connectivity index (χ1v) is 6.07. The number of amides is 1. The van der Waals surface area contributed by atoms with E-state index in [-0.39, 0.29) is 11.9 Å². The molecule has 17 heavy (non-hydrogen) atoms. The molecule has 4 heteroatoms. The molecule has 92 valence electrons. The fourth-order valence-corrected chi connectivity index (χ4v) is 2.20. The van der Waals surface area contributed by atoms with Crippen LogP contribution in [-0.4, -0.2) is 36.5 Å². The van der Waals surface area contributed by atoms with Gasteiger partial charge in [-0.15, -0.1) is 0 Å². The minimum atomic E-state index is -0.197. The molecule has 0 aromatic heterocycles. The summed E-state index contributed by atoms with van der Waals surface area (Å²) in [5.41, 5.74) is 6.93. The monoisotopic (exact) mass is 233 g/mol. The Bertz CT molecular complexity index is 366. The minimum Gasteiger partial charge on any atom is -0.355 e. The van der Waals surface area contributed by atoms with Gasteiger partial charge in [0.1, 0.15) is 6.04 Å². The molecule has 2 rings (SSSR count). The largest absolute Gasteiger partial charge is 0.355 e. The van der Waals surface area contributed by atoms with Crippen LogP contribution in [0.2, 0.25) is 0 Å². The predicted molar refractivity (Wildman–Crippen MR) is 67.3 cm³/mol. The van der Waals surface area contributed by atoms with Crippen molar-refractivity contribution in [2.45, 2.75) is 19.0 Å². The van der Waals surface area contributed by atoms with E-state index in [2.05, 4.69) is 22.3 Å². The first-order chi connectivity index (χ1) is 8.31. The normalized spacial score (nSPS) is 21.9. The SMILES string of the molecule is NCC1C(=O)NCCCN1Cc1ccccc1. The number of carbonyl (C=O) groups is 1. The second-order valence-electron chi connectivity index (χ2n) is 4.35. The van der Waals surface area contributed by atoms with Crippen molar-refractivity contribution in [2.75, 3.05) is 19.6 Å². The van der Waals surface area contributed by atoms with E-state index in [0.717, 1.165) is 26.1 Å². The Labute approximate surface area is 102 Å². The summed E-state index contributed by atoms with van der Waals surface area (Å²) in [7, 11) is 0. The molecule has 1 aromatic rings. The van der Waals surface area contributed by atoms with Crippen molar-refractivity contribution in [2.24, 2.45) is 5.73 Å². The van der Waals surface area contributed by atoms with Gasteiger partial charge in [0.05, 0.1) is 0 Å². The zero-order chi connectivity index (χ0) is 12.1. The third-order valence-electron chi connectivity index (χ3n) is 3.12. The van der Waals surface area contributed by atoms with Crippen LogP contribution in [0.15, 0.2) is 30.3 Å². The van der Waals surface area contributed by atoms with Gasteiger partial charge >= 0.3 is 0 Å². The highest BCUT2D eigenvalue weighted by Crippen LogP contribution is 2.10. The van der Waals surface area contributed by atoms with Crippen LogP contribution in [0.5, 0.6) is 0 Å². The van der Waals surface area contributed by atoms with Gasteiger partial charge in [-0.25, -0.2) is 0 Å². The fraction of sp³-hybridized carbons (Fsp3) is 0.462. The Morgan fingerprint density at radius 1 is 1.35 bits per heavy atom. The zero-order valence-electron chi connectivity index (χ0n) is 9.93. The summed E-state index contributed by atoms with van der Waals surface area (Å²) in [4.78, 5) is 14.0. The molecule has 1 aromatic carbocycles. The van der Waals surface area contributed by atoms with Gasteiger partial charge in [0.15, 0.2) is 0 Å². The first kappa shape index (κ1) is 12.1. The van der Waals surface area contributed by atoms with Gasteiger partial charge in [-0.3, -0.25) is 9.69 Å². The Kier molecular flexibility index (Phi) is 4.12. The second kappa shape index (κ2) is 5.80. The van der Waals surface area contributed by atoms with Crippen LogP contribution in [-0.2, 0) is 11.3 Å². The van der Waals surface area contributed by atoms with Crippen LogP contribution in [0.3, 0.4) is 0 Å².